The molecule has 1 heterocycles. The average Bonchev–Trinajstić information content (AvgIpc) is 2.96. The van der Waals surface area contributed by atoms with Crippen molar-refractivity contribution in [1.29, 1.82) is 0 Å². The Morgan fingerprint density at radius 1 is 1.24 bits per heavy atom. The first-order chi connectivity index (χ1) is 10.1. The first kappa shape index (κ1) is 15.8. The smallest absolute Gasteiger partial charge is 0.305 e. The third-order valence-corrected chi connectivity index (χ3v) is 4.40. The zero-order valence-electron chi connectivity index (χ0n) is 13.1. The Bertz CT molecular complexity index is 482. The second kappa shape index (κ2) is 7.46. The Morgan fingerprint density at radius 3 is 2.62 bits per heavy atom. The Kier molecular flexibility index (Phi) is 5.62. The van der Waals surface area contributed by atoms with Gasteiger partial charge in [-0.2, -0.15) is 0 Å². The van der Waals surface area contributed by atoms with Crippen LogP contribution in [0.25, 0.3) is 0 Å². The maximum Gasteiger partial charge on any atom is 0.305 e. The number of aryl methyl sites for hydroxylation is 1. The maximum absolute atomic E-state index is 10.9. The zero-order chi connectivity index (χ0) is 15.2. The lowest BCUT2D eigenvalue weighted by atomic mass is 10.1. The van der Waals surface area contributed by atoms with E-state index in [1.807, 2.05) is 0 Å². The maximum atomic E-state index is 10.9. The normalized spacial score (nSPS) is 15.3. The van der Waals surface area contributed by atoms with Gasteiger partial charge in [0.2, 0.25) is 0 Å². The summed E-state index contributed by atoms with van der Waals surface area (Å²) in [7, 11) is 0. The van der Waals surface area contributed by atoms with Crippen molar-refractivity contribution in [2.24, 2.45) is 0 Å². The molecule has 1 saturated heterocycles. The summed E-state index contributed by atoms with van der Waals surface area (Å²) in [6.45, 7) is 9.08. The molecule has 0 radical (unpaired) electrons. The van der Waals surface area contributed by atoms with Gasteiger partial charge in [-0.05, 0) is 57.0 Å². The highest BCUT2D eigenvalue weighted by atomic mass is 16.4. The molecule has 0 atom stereocenters. The van der Waals surface area contributed by atoms with Gasteiger partial charge >= 0.3 is 5.97 Å². The third kappa shape index (κ3) is 4.46. The van der Waals surface area contributed by atoms with Gasteiger partial charge in [0.15, 0.2) is 0 Å². The third-order valence-electron chi connectivity index (χ3n) is 4.40. The molecule has 116 valence electrons. The summed E-state index contributed by atoms with van der Waals surface area (Å²) in [6.07, 6.45) is 2.77. The second-order valence-electron chi connectivity index (χ2n) is 5.90. The quantitative estimate of drug-likeness (QED) is 0.838. The van der Waals surface area contributed by atoms with E-state index in [-0.39, 0.29) is 6.42 Å². The summed E-state index contributed by atoms with van der Waals surface area (Å²) in [4.78, 5) is 15.6. The molecule has 1 aliphatic rings. The van der Waals surface area contributed by atoms with Gasteiger partial charge in [0, 0.05) is 25.3 Å². The highest BCUT2D eigenvalue weighted by Gasteiger charge is 2.16. The van der Waals surface area contributed by atoms with Crippen LogP contribution in [0.3, 0.4) is 0 Å². The SMILES string of the molecule is Cc1cccc(N(CCC(=O)O)CCN2CCCC2)c1C. The lowest BCUT2D eigenvalue weighted by Crippen LogP contribution is -2.35. The molecule has 21 heavy (non-hydrogen) atoms. The fraction of sp³-hybridized carbons (Fsp3) is 0.588. The van der Waals surface area contributed by atoms with Crippen LogP contribution in [-0.2, 0) is 4.79 Å². The van der Waals surface area contributed by atoms with Gasteiger partial charge < -0.3 is 14.9 Å². The number of carboxylic acid groups (broad SMARTS) is 1. The van der Waals surface area contributed by atoms with E-state index in [1.54, 1.807) is 0 Å². The highest BCUT2D eigenvalue weighted by Crippen LogP contribution is 2.23. The van der Waals surface area contributed by atoms with Crippen LogP contribution < -0.4 is 4.90 Å². The summed E-state index contributed by atoms with van der Waals surface area (Å²) in [5.74, 6) is -0.730. The molecule has 0 aliphatic carbocycles. The molecular formula is C17H26N2O2. The number of nitrogens with zero attached hydrogens (tertiary/aromatic N) is 2. The molecule has 0 amide bonds. The molecule has 0 saturated carbocycles. The van der Waals surface area contributed by atoms with E-state index in [0.717, 1.165) is 13.1 Å². The molecule has 1 aliphatic heterocycles. The van der Waals surface area contributed by atoms with E-state index in [0.29, 0.717) is 6.54 Å². The van der Waals surface area contributed by atoms with Crippen LogP contribution in [0.1, 0.15) is 30.4 Å². The summed E-state index contributed by atoms with van der Waals surface area (Å²) < 4.78 is 0. The van der Waals surface area contributed by atoms with Gasteiger partial charge in [0.1, 0.15) is 0 Å². The Balaban J connectivity index is 2.06. The number of hydrogen-bond donors (Lipinski definition) is 1. The second-order valence-corrected chi connectivity index (χ2v) is 5.90. The van der Waals surface area contributed by atoms with Crippen LogP contribution in [0, 0.1) is 13.8 Å². The molecule has 0 spiro atoms. The predicted molar refractivity (Wildman–Crippen MR) is 86.1 cm³/mol. The molecule has 1 N–H and O–H groups in total. The zero-order valence-corrected chi connectivity index (χ0v) is 13.1. The van der Waals surface area contributed by atoms with Gasteiger partial charge in [-0.25, -0.2) is 0 Å². The molecule has 1 fully saturated rings. The van der Waals surface area contributed by atoms with Gasteiger partial charge in [0.05, 0.1) is 6.42 Å². The number of anilines is 1. The average molecular weight is 290 g/mol. The molecule has 1 aromatic rings. The van der Waals surface area contributed by atoms with Crippen molar-refractivity contribution in [3.8, 4) is 0 Å². The van der Waals surface area contributed by atoms with Crippen molar-refractivity contribution in [2.75, 3.05) is 37.6 Å². The van der Waals surface area contributed by atoms with E-state index in [1.165, 1.54) is 42.7 Å². The fourth-order valence-electron chi connectivity index (χ4n) is 2.93. The van der Waals surface area contributed by atoms with Crippen molar-refractivity contribution in [1.82, 2.24) is 4.90 Å². The van der Waals surface area contributed by atoms with Crippen molar-refractivity contribution < 1.29 is 9.90 Å². The van der Waals surface area contributed by atoms with E-state index in [9.17, 15) is 4.79 Å². The van der Waals surface area contributed by atoms with E-state index >= 15 is 0 Å². The summed E-state index contributed by atoms with van der Waals surface area (Å²) in [5.41, 5.74) is 3.69. The van der Waals surface area contributed by atoms with Crippen LogP contribution in [0.5, 0.6) is 0 Å². The van der Waals surface area contributed by atoms with Crippen LogP contribution in [0.4, 0.5) is 5.69 Å². The van der Waals surface area contributed by atoms with Crippen LogP contribution in [0.15, 0.2) is 18.2 Å². The molecule has 1 aromatic carbocycles. The van der Waals surface area contributed by atoms with E-state index in [2.05, 4.69) is 41.8 Å². The number of benzene rings is 1. The lowest BCUT2D eigenvalue weighted by Gasteiger charge is -2.28. The highest BCUT2D eigenvalue weighted by molar-refractivity contribution is 5.68. The molecule has 0 bridgehead atoms. The van der Waals surface area contributed by atoms with Crippen molar-refractivity contribution in [3.63, 3.8) is 0 Å². The summed E-state index contributed by atoms with van der Waals surface area (Å²) in [6, 6.07) is 6.27. The Labute approximate surface area is 127 Å². The standard InChI is InChI=1S/C17H26N2O2/c1-14-6-5-7-16(15(14)2)19(11-8-17(20)21)13-12-18-9-3-4-10-18/h5-7H,3-4,8-13H2,1-2H3,(H,20,21). The minimum Gasteiger partial charge on any atom is -0.481 e. The monoisotopic (exact) mass is 290 g/mol. The van der Waals surface area contributed by atoms with Gasteiger partial charge in [-0.1, -0.05) is 12.1 Å². The largest absolute Gasteiger partial charge is 0.481 e. The van der Waals surface area contributed by atoms with Crippen molar-refractivity contribution >= 4 is 11.7 Å². The van der Waals surface area contributed by atoms with Crippen LogP contribution in [-0.4, -0.2) is 48.7 Å². The van der Waals surface area contributed by atoms with Gasteiger partial charge in [-0.15, -0.1) is 0 Å². The van der Waals surface area contributed by atoms with Crippen molar-refractivity contribution in [2.45, 2.75) is 33.1 Å². The molecule has 4 heteroatoms. The van der Waals surface area contributed by atoms with E-state index in [4.69, 9.17) is 5.11 Å². The fourth-order valence-corrected chi connectivity index (χ4v) is 2.93. The van der Waals surface area contributed by atoms with Crippen LogP contribution >= 0.6 is 0 Å². The minimum atomic E-state index is -0.730. The number of carboxylic acids is 1. The topological polar surface area (TPSA) is 43.8 Å². The van der Waals surface area contributed by atoms with Gasteiger partial charge in [0.25, 0.3) is 0 Å². The molecule has 0 unspecified atom stereocenters. The number of hydrogen-bond acceptors (Lipinski definition) is 3. The Hall–Kier alpha value is -1.55. The summed E-state index contributed by atoms with van der Waals surface area (Å²) in [5, 5.41) is 8.98. The summed E-state index contributed by atoms with van der Waals surface area (Å²) >= 11 is 0. The number of rotatable bonds is 7. The Morgan fingerprint density at radius 2 is 1.95 bits per heavy atom. The molecule has 4 nitrogen and oxygen atoms in total. The van der Waals surface area contributed by atoms with Gasteiger partial charge in [-0.3, -0.25) is 4.79 Å². The molecule has 2 rings (SSSR count). The van der Waals surface area contributed by atoms with E-state index < -0.39 is 5.97 Å². The molecular weight excluding hydrogens is 264 g/mol. The minimum absolute atomic E-state index is 0.188. The number of aliphatic carboxylic acids is 1. The first-order valence-electron chi connectivity index (χ1n) is 7.83. The number of carbonyl (C=O) groups is 1. The molecule has 0 aromatic heterocycles. The van der Waals surface area contributed by atoms with Crippen molar-refractivity contribution in [3.05, 3.63) is 29.3 Å². The van der Waals surface area contributed by atoms with Crippen LogP contribution in [0.2, 0.25) is 0 Å². The lowest BCUT2D eigenvalue weighted by molar-refractivity contribution is -0.136. The predicted octanol–water partition coefficient (Wildman–Crippen LogP) is 2.68. The number of likely N-dealkylation sites (tertiary alicyclic amines) is 1. The first-order valence-corrected chi connectivity index (χ1v) is 7.83.